The van der Waals surface area contributed by atoms with E-state index in [1.165, 1.54) is 50.3 Å². The van der Waals surface area contributed by atoms with Crippen LogP contribution in [0.2, 0.25) is 0 Å². The van der Waals surface area contributed by atoms with Gasteiger partial charge in [0.05, 0.1) is 0 Å². The maximum absolute atomic E-state index is 2.48. The minimum Gasteiger partial charge on any atom is -0.321 e. The van der Waals surface area contributed by atoms with Crippen molar-refractivity contribution < 1.29 is 0 Å². The third-order valence-corrected chi connectivity index (χ3v) is 9.96. The molecule has 0 unspecified atom stereocenters. The molecule has 1 heteroatoms. The van der Waals surface area contributed by atoms with Crippen LogP contribution in [0.15, 0.2) is 206 Å². The van der Waals surface area contributed by atoms with Gasteiger partial charge in [-0.3, -0.25) is 0 Å². The van der Waals surface area contributed by atoms with Gasteiger partial charge in [0, 0.05) is 29.4 Å². The molecule has 0 amide bonds. The molecule has 2 aliphatic rings. The van der Waals surface area contributed by atoms with Gasteiger partial charge in [0.15, 0.2) is 0 Å². The molecule has 0 aliphatic heterocycles. The molecule has 0 fully saturated rings. The first-order valence-corrected chi connectivity index (χ1v) is 18.0. The van der Waals surface area contributed by atoms with Gasteiger partial charge in [0.1, 0.15) is 0 Å². The largest absolute Gasteiger partial charge is 0.321 e. The first-order valence-electron chi connectivity index (χ1n) is 18.0. The van der Waals surface area contributed by atoms with Crippen LogP contribution in [0.4, 0.5) is 0 Å². The van der Waals surface area contributed by atoms with Crippen LogP contribution >= 0.6 is 0 Å². The van der Waals surface area contributed by atoms with Gasteiger partial charge in [0.2, 0.25) is 0 Å². The summed E-state index contributed by atoms with van der Waals surface area (Å²) in [6, 6.07) is 50.9. The first kappa shape index (κ1) is 32.9. The summed E-state index contributed by atoms with van der Waals surface area (Å²) in [4.78, 5) is 2.45. The van der Waals surface area contributed by atoms with Crippen LogP contribution < -0.4 is 0 Å². The van der Waals surface area contributed by atoms with E-state index in [9.17, 15) is 0 Å². The molecule has 0 saturated carbocycles. The molecule has 0 atom stereocenters. The summed E-state index contributed by atoms with van der Waals surface area (Å²) in [6.45, 7) is 0. The van der Waals surface area contributed by atoms with Gasteiger partial charge in [-0.2, -0.15) is 0 Å². The molecule has 0 bridgehead atoms. The molecule has 7 rings (SSSR count). The topological polar surface area (TPSA) is 3.24 Å². The van der Waals surface area contributed by atoms with Crippen LogP contribution in [0, 0.1) is 0 Å². The minimum atomic E-state index is -0.360. The third kappa shape index (κ3) is 7.48. The maximum Gasteiger partial charge on any atom is 0.0489 e. The Morgan fingerprint density at radius 2 is 1.18 bits per heavy atom. The standard InChI is InChI=1S/C49H45N/c1-2-13-33-47(39-43-27-15-14-25-41(43)24-8-1)50(38-19-18-23-40-21-6-3-7-22-40)46-34-20-28-42-26-16-17-35-48(42)49(37-36-46,44-29-9-4-10-30-44)45-31-11-5-12-32-45/h1-17,19-22,25-27,29-32,34-36,38-39H,18,23-24,28,33,37H2/b8-1-,13-2-,34-20-,38-19+,46-36+,47-39+. The molecule has 5 aromatic rings. The lowest BCUT2D eigenvalue weighted by molar-refractivity contribution is 0.563. The first-order chi connectivity index (χ1) is 24.8. The monoisotopic (exact) mass is 647 g/mol. The van der Waals surface area contributed by atoms with Crippen molar-refractivity contribution in [1.29, 1.82) is 0 Å². The van der Waals surface area contributed by atoms with E-state index in [2.05, 4.69) is 205 Å². The van der Waals surface area contributed by atoms with Crippen molar-refractivity contribution in [2.24, 2.45) is 0 Å². The maximum atomic E-state index is 2.48. The van der Waals surface area contributed by atoms with Gasteiger partial charge < -0.3 is 4.90 Å². The number of hydrogen-bond acceptors (Lipinski definition) is 1. The van der Waals surface area contributed by atoms with Crippen molar-refractivity contribution in [2.75, 3.05) is 0 Å². The van der Waals surface area contributed by atoms with Gasteiger partial charge in [-0.15, -0.1) is 0 Å². The Balaban J connectivity index is 1.38. The summed E-state index contributed by atoms with van der Waals surface area (Å²) in [6.07, 6.45) is 28.5. The number of benzene rings is 5. The van der Waals surface area contributed by atoms with E-state index in [4.69, 9.17) is 0 Å². The molecule has 1 nitrogen and oxygen atoms in total. The fourth-order valence-corrected chi connectivity index (χ4v) is 7.42. The number of nitrogens with zero attached hydrogens (tertiary/aromatic N) is 1. The lowest BCUT2D eigenvalue weighted by Crippen LogP contribution is -2.30. The van der Waals surface area contributed by atoms with Crippen LogP contribution in [0.1, 0.15) is 58.2 Å². The van der Waals surface area contributed by atoms with E-state index < -0.39 is 0 Å². The van der Waals surface area contributed by atoms with Crippen LogP contribution in [-0.4, -0.2) is 4.90 Å². The predicted molar refractivity (Wildman–Crippen MR) is 212 cm³/mol. The van der Waals surface area contributed by atoms with Crippen molar-refractivity contribution in [1.82, 2.24) is 4.90 Å². The summed E-state index contributed by atoms with van der Waals surface area (Å²) >= 11 is 0. The summed E-state index contributed by atoms with van der Waals surface area (Å²) < 4.78 is 0. The van der Waals surface area contributed by atoms with E-state index >= 15 is 0 Å². The SMILES string of the molecule is C1=C\C/C(N(/C=C/CCc2ccccc2)C2=C/CC(c3ccccc3)(c3ccccc3)c3ccccc3C/C=C\2)=C\c2ccccc2C\C=C/1. The summed E-state index contributed by atoms with van der Waals surface area (Å²) in [5.74, 6) is 0. The van der Waals surface area contributed by atoms with Gasteiger partial charge in [-0.25, -0.2) is 0 Å². The van der Waals surface area contributed by atoms with Crippen LogP contribution in [0.3, 0.4) is 0 Å². The van der Waals surface area contributed by atoms with Crippen LogP contribution in [-0.2, 0) is 24.7 Å². The molecule has 0 saturated heterocycles. The van der Waals surface area contributed by atoms with E-state index in [1.807, 2.05) is 0 Å². The molecule has 246 valence electrons. The number of fused-ring (bicyclic) bond motifs is 2. The Morgan fingerprint density at radius 3 is 1.92 bits per heavy atom. The molecular formula is C49H45N. The van der Waals surface area contributed by atoms with Crippen molar-refractivity contribution in [3.63, 3.8) is 0 Å². The van der Waals surface area contributed by atoms with Gasteiger partial charge >= 0.3 is 0 Å². The van der Waals surface area contributed by atoms with E-state index in [1.54, 1.807) is 0 Å². The van der Waals surface area contributed by atoms with Crippen molar-refractivity contribution in [2.45, 2.75) is 43.9 Å². The molecule has 0 N–H and O–H groups in total. The second-order valence-electron chi connectivity index (χ2n) is 13.1. The Bertz CT molecular complexity index is 2000. The quantitative estimate of drug-likeness (QED) is 0.162. The lowest BCUT2D eigenvalue weighted by Gasteiger charge is -2.37. The average molecular weight is 648 g/mol. The highest BCUT2D eigenvalue weighted by molar-refractivity contribution is 5.59. The highest BCUT2D eigenvalue weighted by Crippen LogP contribution is 2.45. The van der Waals surface area contributed by atoms with Gasteiger partial charge in [-0.05, 0) is 83.2 Å². The van der Waals surface area contributed by atoms with Crippen LogP contribution in [0.5, 0.6) is 0 Å². The Labute approximate surface area is 298 Å². The Hall–Kier alpha value is -5.66. The second kappa shape index (κ2) is 16.2. The molecule has 0 aromatic heterocycles. The zero-order valence-corrected chi connectivity index (χ0v) is 28.7. The zero-order valence-electron chi connectivity index (χ0n) is 28.7. The highest BCUT2D eigenvalue weighted by atomic mass is 15.1. The summed E-state index contributed by atoms with van der Waals surface area (Å²) in [5.41, 5.74) is 11.4. The molecular weight excluding hydrogens is 603 g/mol. The summed E-state index contributed by atoms with van der Waals surface area (Å²) in [7, 11) is 0. The lowest BCUT2D eigenvalue weighted by atomic mass is 9.66. The Morgan fingerprint density at radius 1 is 0.580 bits per heavy atom. The normalized spacial score (nSPS) is 19.5. The fourth-order valence-electron chi connectivity index (χ4n) is 7.42. The second-order valence-corrected chi connectivity index (χ2v) is 13.1. The average Bonchev–Trinajstić information content (AvgIpc) is 3.26. The molecule has 0 heterocycles. The number of hydrogen-bond donors (Lipinski definition) is 0. The zero-order chi connectivity index (χ0) is 33.9. The number of rotatable bonds is 8. The van der Waals surface area contributed by atoms with Crippen molar-refractivity contribution in [3.8, 4) is 0 Å². The molecule has 2 aliphatic carbocycles. The van der Waals surface area contributed by atoms with E-state index in [0.717, 1.165) is 38.5 Å². The van der Waals surface area contributed by atoms with Crippen molar-refractivity contribution in [3.05, 3.63) is 245 Å². The predicted octanol–water partition coefficient (Wildman–Crippen LogP) is 12.0. The number of aryl methyl sites for hydroxylation is 1. The molecule has 0 radical (unpaired) electrons. The Kier molecular flexibility index (Phi) is 10.6. The molecule has 0 spiro atoms. The van der Waals surface area contributed by atoms with E-state index in [0.29, 0.717) is 0 Å². The molecule has 5 aromatic carbocycles. The van der Waals surface area contributed by atoms with Gasteiger partial charge in [0.25, 0.3) is 0 Å². The van der Waals surface area contributed by atoms with E-state index in [-0.39, 0.29) is 5.41 Å². The highest BCUT2D eigenvalue weighted by Gasteiger charge is 2.37. The summed E-state index contributed by atoms with van der Waals surface area (Å²) in [5, 5.41) is 0. The molecule has 50 heavy (non-hydrogen) atoms. The number of allylic oxidation sites excluding steroid dienone is 8. The van der Waals surface area contributed by atoms with Crippen molar-refractivity contribution >= 4 is 6.08 Å². The fraction of sp³-hybridized carbons (Fsp3) is 0.143. The minimum absolute atomic E-state index is 0.360. The third-order valence-electron chi connectivity index (χ3n) is 9.96. The van der Waals surface area contributed by atoms with Gasteiger partial charge in [-0.1, -0.05) is 182 Å². The van der Waals surface area contributed by atoms with Crippen LogP contribution in [0.25, 0.3) is 6.08 Å². The smallest absolute Gasteiger partial charge is 0.0489 e.